The third-order valence-corrected chi connectivity index (χ3v) is 5.79. The van der Waals surface area contributed by atoms with Gasteiger partial charge in [-0.2, -0.15) is 0 Å². The highest BCUT2D eigenvalue weighted by Gasteiger charge is 2.41. The number of benzene rings is 3. The molecular weight excluding hydrogens is 431 g/mol. The van der Waals surface area contributed by atoms with Crippen molar-refractivity contribution in [1.82, 2.24) is 4.90 Å². The van der Waals surface area contributed by atoms with E-state index in [1.54, 1.807) is 24.3 Å². The molecule has 0 fully saturated rings. The van der Waals surface area contributed by atoms with Crippen LogP contribution >= 0.6 is 0 Å². The third-order valence-electron chi connectivity index (χ3n) is 5.79. The van der Waals surface area contributed by atoms with Gasteiger partial charge in [0.25, 0.3) is 11.8 Å². The van der Waals surface area contributed by atoms with Gasteiger partial charge in [0.05, 0.1) is 12.2 Å². The van der Waals surface area contributed by atoms with Crippen LogP contribution in [0, 0.1) is 5.82 Å². The van der Waals surface area contributed by atoms with Gasteiger partial charge in [0.15, 0.2) is 0 Å². The quantitative estimate of drug-likeness (QED) is 0.420. The molecule has 174 valence electrons. The predicted octanol–water partition coefficient (Wildman–Crippen LogP) is 5.07. The van der Waals surface area contributed by atoms with Crippen LogP contribution in [-0.4, -0.2) is 36.4 Å². The summed E-state index contributed by atoms with van der Waals surface area (Å²) in [6, 6.07) is 22.9. The molecule has 1 aliphatic heterocycles. The number of rotatable bonds is 9. The second kappa shape index (κ2) is 10.3. The molecule has 5 nitrogen and oxygen atoms in total. The summed E-state index contributed by atoms with van der Waals surface area (Å²) in [5.41, 5.74) is 3.09. The Kier molecular flexibility index (Phi) is 7.07. The van der Waals surface area contributed by atoms with Crippen LogP contribution in [0.5, 0.6) is 5.75 Å². The zero-order valence-corrected chi connectivity index (χ0v) is 19.3. The van der Waals surface area contributed by atoms with Crippen molar-refractivity contribution in [1.29, 1.82) is 0 Å². The van der Waals surface area contributed by atoms with Gasteiger partial charge in [-0.15, -0.1) is 0 Å². The molecule has 0 N–H and O–H groups in total. The molecule has 0 spiro atoms. The maximum Gasteiger partial charge on any atom is 0.278 e. The molecule has 0 bridgehead atoms. The summed E-state index contributed by atoms with van der Waals surface area (Å²) < 4.78 is 18.8. The molecule has 3 aromatic rings. The Morgan fingerprint density at radius 2 is 1.53 bits per heavy atom. The van der Waals surface area contributed by atoms with E-state index in [9.17, 15) is 14.0 Å². The molecule has 0 saturated carbocycles. The second-order valence-corrected chi connectivity index (χ2v) is 7.90. The van der Waals surface area contributed by atoms with Gasteiger partial charge in [-0.1, -0.05) is 42.5 Å². The van der Waals surface area contributed by atoms with Crippen molar-refractivity contribution < 1.29 is 18.7 Å². The second-order valence-electron chi connectivity index (χ2n) is 7.90. The molecule has 3 aromatic carbocycles. The number of carbonyl (C=O) groups is 2. The third kappa shape index (κ3) is 4.71. The Bertz CT molecular complexity index is 1190. The van der Waals surface area contributed by atoms with Crippen LogP contribution in [0.4, 0.5) is 10.1 Å². The van der Waals surface area contributed by atoms with Crippen LogP contribution in [0.25, 0.3) is 5.57 Å². The standard InChI is InChI=1S/C28H27FN2O3/c1-3-30(23-8-6-5-7-9-23)26-25(21-12-16-24(17-13-21)34-4-2)27(32)31(28(26)33)19-18-20-10-14-22(29)15-11-20/h5-17H,3-4,18-19H2,1-2H3. The number of halogens is 1. The monoisotopic (exact) mass is 458 g/mol. The minimum absolute atomic E-state index is 0.208. The number of imide groups is 1. The van der Waals surface area contributed by atoms with Crippen LogP contribution in [0.1, 0.15) is 25.0 Å². The van der Waals surface area contributed by atoms with Crippen molar-refractivity contribution >= 4 is 23.1 Å². The van der Waals surface area contributed by atoms with Crippen molar-refractivity contribution in [3.05, 3.63) is 102 Å². The van der Waals surface area contributed by atoms with Gasteiger partial charge in [0, 0.05) is 18.8 Å². The Morgan fingerprint density at radius 1 is 0.853 bits per heavy atom. The van der Waals surface area contributed by atoms with E-state index in [-0.39, 0.29) is 24.2 Å². The summed E-state index contributed by atoms with van der Waals surface area (Å²) in [4.78, 5) is 30.4. The molecule has 6 heteroatoms. The van der Waals surface area contributed by atoms with Gasteiger partial charge in [-0.25, -0.2) is 4.39 Å². The average molecular weight is 459 g/mol. The smallest absolute Gasteiger partial charge is 0.278 e. The van der Waals surface area contributed by atoms with Crippen molar-refractivity contribution in [2.24, 2.45) is 0 Å². The van der Waals surface area contributed by atoms with E-state index in [2.05, 4.69) is 0 Å². The zero-order valence-electron chi connectivity index (χ0n) is 19.3. The number of amides is 2. The lowest BCUT2D eigenvalue weighted by Gasteiger charge is -2.25. The van der Waals surface area contributed by atoms with E-state index in [1.807, 2.05) is 61.2 Å². The Hall–Kier alpha value is -3.93. The fraction of sp³-hybridized carbons (Fsp3) is 0.214. The minimum Gasteiger partial charge on any atom is -0.494 e. The lowest BCUT2D eigenvalue weighted by atomic mass is 10.0. The molecule has 2 amide bonds. The Labute approximate surface area is 199 Å². The van der Waals surface area contributed by atoms with E-state index >= 15 is 0 Å². The van der Waals surface area contributed by atoms with Gasteiger partial charge in [0.2, 0.25) is 0 Å². The van der Waals surface area contributed by atoms with Crippen LogP contribution < -0.4 is 9.64 Å². The number of hydrogen-bond donors (Lipinski definition) is 0. The molecule has 0 aromatic heterocycles. The highest BCUT2D eigenvalue weighted by Crippen LogP contribution is 2.35. The molecule has 0 atom stereocenters. The largest absolute Gasteiger partial charge is 0.494 e. The molecule has 0 aliphatic carbocycles. The maximum atomic E-state index is 13.6. The van der Waals surface area contributed by atoms with Gasteiger partial charge in [0.1, 0.15) is 17.3 Å². The number of ether oxygens (including phenoxy) is 1. The first-order chi connectivity index (χ1) is 16.5. The van der Waals surface area contributed by atoms with Gasteiger partial charge >= 0.3 is 0 Å². The van der Waals surface area contributed by atoms with E-state index in [1.165, 1.54) is 17.0 Å². The van der Waals surface area contributed by atoms with E-state index in [0.717, 1.165) is 11.3 Å². The number of anilines is 1. The van der Waals surface area contributed by atoms with Gasteiger partial charge in [-0.05, 0) is 67.8 Å². The fourth-order valence-corrected chi connectivity index (χ4v) is 4.13. The number of para-hydroxylation sites is 1. The molecule has 0 radical (unpaired) electrons. The van der Waals surface area contributed by atoms with Crippen molar-refractivity contribution in [3.8, 4) is 5.75 Å². The molecule has 0 unspecified atom stereocenters. The number of hydrogen-bond acceptors (Lipinski definition) is 4. The highest BCUT2D eigenvalue weighted by molar-refractivity contribution is 6.36. The first kappa shape index (κ1) is 23.2. The van der Waals surface area contributed by atoms with Crippen LogP contribution in [0.3, 0.4) is 0 Å². The van der Waals surface area contributed by atoms with Crippen molar-refractivity contribution in [2.75, 3.05) is 24.6 Å². The topological polar surface area (TPSA) is 49.9 Å². The van der Waals surface area contributed by atoms with Crippen molar-refractivity contribution in [3.63, 3.8) is 0 Å². The van der Waals surface area contributed by atoms with Crippen LogP contribution in [0.2, 0.25) is 0 Å². The number of carbonyl (C=O) groups excluding carboxylic acids is 2. The van der Waals surface area contributed by atoms with Crippen molar-refractivity contribution in [2.45, 2.75) is 20.3 Å². The molecular formula is C28H27FN2O3. The van der Waals surface area contributed by atoms with Gasteiger partial charge in [-0.3, -0.25) is 14.5 Å². The highest BCUT2D eigenvalue weighted by atomic mass is 19.1. The summed E-state index contributed by atoms with van der Waals surface area (Å²) in [6.07, 6.45) is 0.444. The first-order valence-electron chi connectivity index (χ1n) is 11.4. The molecule has 4 rings (SSSR count). The lowest BCUT2D eigenvalue weighted by Crippen LogP contribution is -2.36. The molecule has 1 heterocycles. The molecule has 0 saturated heterocycles. The first-order valence-corrected chi connectivity index (χ1v) is 11.4. The molecule has 1 aliphatic rings. The fourth-order valence-electron chi connectivity index (χ4n) is 4.13. The van der Waals surface area contributed by atoms with Gasteiger partial charge < -0.3 is 9.64 Å². The average Bonchev–Trinajstić information content (AvgIpc) is 3.10. The van der Waals surface area contributed by atoms with E-state index < -0.39 is 0 Å². The normalized spacial score (nSPS) is 13.6. The Balaban J connectivity index is 1.71. The number of nitrogens with zero attached hydrogens (tertiary/aromatic N) is 2. The van der Waals surface area contributed by atoms with E-state index in [4.69, 9.17) is 4.74 Å². The zero-order chi connectivity index (χ0) is 24.1. The summed E-state index contributed by atoms with van der Waals surface area (Å²) in [6.45, 7) is 5.13. The summed E-state index contributed by atoms with van der Waals surface area (Å²) in [5, 5.41) is 0. The summed E-state index contributed by atoms with van der Waals surface area (Å²) >= 11 is 0. The lowest BCUT2D eigenvalue weighted by molar-refractivity contribution is -0.136. The predicted molar refractivity (Wildman–Crippen MR) is 131 cm³/mol. The SMILES string of the molecule is CCOc1ccc(C2=C(N(CC)c3ccccc3)C(=O)N(CCc3ccc(F)cc3)C2=O)cc1. The molecule has 34 heavy (non-hydrogen) atoms. The number of likely N-dealkylation sites (N-methyl/N-ethyl adjacent to an activating group) is 1. The van der Waals surface area contributed by atoms with E-state index in [0.29, 0.717) is 42.2 Å². The van der Waals surface area contributed by atoms with Crippen LogP contribution in [-0.2, 0) is 16.0 Å². The summed E-state index contributed by atoms with van der Waals surface area (Å²) in [7, 11) is 0. The summed E-state index contributed by atoms with van der Waals surface area (Å²) in [5.74, 6) is -0.281. The van der Waals surface area contributed by atoms with Crippen LogP contribution in [0.15, 0.2) is 84.6 Å². The maximum absolute atomic E-state index is 13.6. The Morgan fingerprint density at radius 3 is 2.15 bits per heavy atom. The minimum atomic E-state index is -0.333.